The van der Waals surface area contributed by atoms with Crippen LogP contribution < -0.4 is 11.2 Å². The molecule has 0 spiro atoms. The Kier molecular flexibility index (Phi) is 4.47. The molecule has 0 aliphatic carbocycles. The third kappa shape index (κ3) is 2.96. The average molecular weight is 294 g/mol. The van der Waals surface area contributed by atoms with E-state index in [4.69, 9.17) is 11.6 Å². The van der Waals surface area contributed by atoms with Gasteiger partial charge in [-0.1, -0.05) is 11.6 Å². The van der Waals surface area contributed by atoms with Gasteiger partial charge >= 0.3 is 5.69 Å². The normalized spacial score (nSPS) is 17.0. The fraction of sp³-hybridized carbons (Fsp3) is 0.600. The van der Waals surface area contributed by atoms with Gasteiger partial charge in [-0.15, -0.1) is 0 Å². The average Bonchev–Trinajstić information content (AvgIpc) is 2.37. The first kappa shape index (κ1) is 13.6. The van der Waals surface area contributed by atoms with Crippen LogP contribution in [0.25, 0.3) is 0 Å². The fourth-order valence-electron chi connectivity index (χ4n) is 1.79. The molecule has 1 aromatic rings. The Balaban J connectivity index is 2.12. The highest BCUT2D eigenvalue weighted by Crippen LogP contribution is 2.08. The van der Waals surface area contributed by atoms with E-state index < -0.39 is 22.2 Å². The van der Waals surface area contributed by atoms with Crippen molar-refractivity contribution in [1.82, 2.24) is 14.5 Å². The minimum Gasteiger partial charge on any atom is -0.300 e. The summed E-state index contributed by atoms with van der Waals surface area (Å²) in [4.78, 5) is 27.3. The van der Waals surface area contributed by atoms with Gasteiger partial charge in [0, 0.05) is 37.7 Å². The Labute approximate surface area is 112 Å². The standard InChI is InChI=1S/C10H13ClFN3O2S/c11-8-7(12)9(16)15(10(17)13-8)2-1-14-3-5-18-6-4-14/h1-6H2,(H,13,17). The molecular formula is C10H13ClFN3O2S. The molecule has 1 aliphatic heterocycles. The van der Waals surface area contributed by atoms with E-state index in [0.29, 0.717) is 6.54 Å². The summed E-state index contributed by atoms with van der Waals surface area (Å²) < 4.78 is 14.1. The Hall–Kier alpha value is -0.790. The van der Waals surface area contributed by atoms with Crippen LogP contribution in [0.5, 0.6) is 0 Å². The van der Waals surface area contributed by atoms with Crippen LogP contribution >= 0.6 is 23.4 Å². The van der Waals surface area contributed by atoms with Crippen molar-refractivity contribution in [1.29, 1.82) is 0 Å². The molecule has 100 valence electrons. The molecule has 1 saturated heterocycles. The van der Waals surface area contributed by atoms with Crippen LogP contribution in [0.3, 0.4) is 0 Å². The maximum Gasteiger partial charge on any atom is 0.329 e. The number of H-pyrrole nitrogens is 1. The van der Waals surface area contributed by atoms with Gasteiger partial charge in [-0.2, -0.15) is 16.2 Å². The molecule has 2 heterocycles. The number of aromatic nitrogens is 2. The van der Waals surface area contributed by atoms with E-state index in [-0.39, 0.29) is 6.54 Å². The van der Waals surface area contributed by atoms with Crippen molar-refractivity contribution < 1.29 is 4.39 Å². The first-order valence-electron chi connectivity index (χ1n) is 5.58. The molecule has 2 rings (SSSR count). The third-order valence-corrected chi connectivity index (χ3v) is 4.03. The molecule has 18 heavy (non-hydrogen) atoms. The van der Waals surface area contributed by atoms with E-state index in [9.17, 15) is 14.0 Å². The second-order valence-corrected chi connectivity index (χ2v) is 5.57. The highest BCUT2D eigenvalue weighted by Gasteiger charge is 2.14. The second kappa shape index (κ2) is 5.90. The molecule has 0 saturated carbocycles. The maximum absolute atomic E-state index is 13.3. The van der Waals surface area contributed by atoms with Gasteiger partial charge in [0.25, 0.3) is 5.56 Å². The van der Waals surface area contributed by atoms with Crippen molar-refractivity contribution in [2.45, 2.75) is 6.54 Å². The summed E-state index contributed by atoms with van der Waals surface area (Å²) in [6.07, 6.45) is 0. The number of halogens is 2. The van der Waals surface area contributed by atoms with Gasteiger partial charge in [0.05, 0.1) is 0 Å². The summed E-state index contributed by atoms with van der Waals surface area (Å²) in [5, 5.41) is -0.532. The Morgan fingerprint density at radius 3 is 2.61 bits per heavy atom. The van der Waals surface area contributed by atoms with Crippen LogP contribution in [-0.4, -0.2) is 45.6 Å². The molecule has 0 atom stereocenters. The van der Waals surface area contributed by atoms with Crippen LogP contribution in [0.1, 0.15) is 0 Å². The van der Waals surface area contributed by atoms with Crippen LogP contribution in [-0.2, 0) is 6.54 Å². The van der Waals surface area contributed by atoms with Gasteiger partial charge < -0.3 is 0 Å². The van der Waals surface area contributed by atoms with Crippen molar-refractivity contribution in [2.75, 3.05) is 31.1 Å². The monoisotopic (exact) mass is 293 g/mol. The van der Waals surface area contributed by atoms with E-state index in [2.05, 4.69) is 9.88 Å². The van der Waals surface area contributed by atoms with Crippen LogP contribution in [0, 0.1) is 5.82 Å². The number of hydrogen-bond donors (Lipinski definition) is 1. The van der Waals surface area contributed by atoms with Gasteiger partial charge in [0.15, 0.2) is 5.15 Å². The van der Waals surface area contributed by atoms with Crippen molar-refractivity contribution in [3.63, 3.8) is 0 Å². The van der Waals surface area contributed by atoms with E-state index in [1.807, 2.05) is 11.8 Å². The number of nitrogens with one attached hydrogen (secondary N) is 1. The van der Waals surface area contributed by atoms with Crippen molar-refractivity contribution in [3.8, 4) is 0 Å². The van der Waals surface area contributed by atoms with Crippen LogP contribution in [0.15, 0.2) is 9.59 Å². The summed E-state index contributed by atoms with van der Waals surface area (Å²) >= 11 is 7.26. The fourth-order valence-corrected chi connectivity index (χ4v) is 2.93. The molecular weight excluding hydrogens is 281 g/mol. The molecule has 5 nitrogen and oxygen atoms in total. The molecule has 1 N–H and O–H groups in total. The predicted molar refractivity (Wildman–Crippen MR) is 70.1 cm³/mol. The largest absolute Gasteiger partial charge is 0.329 e. The lowest BCUT2D eigenvalue weighted by molar-refractivity contribution is 0.284. The van der Waals surface area contributed by atoms with Gasteiger partial charge in [0.2, 0.25) is 5.82 Å². The molecule has 0 unspecified atom stereocenters. The maximum atomic E-state index is 13.3. The van der Waals surface area contributed by atoms with Gasteiger partial charge in [-0.25, -0.2) is 4.79 Å². The molecule has 8 heteroatoms. The van der Waals surface area contributed by atoms with Crippen molar-refractivity contribution >= 4 is 23.4 Å². The lowest BCUT2D eigenvalue weighted by Crippen LogP contribution is -2.42. The third-order valence-electron chi connectivity index (χ3n) is 2.83. The summed E-state index contributed by atoms with van der Waals surface area (Å²) in [6.45, 7) is 2.58. The second-order valence-electron chi connectivity index (χ2n) is 3.97. The zero-order chi connectivity index (χ0) is 13.1. The van der Waals surface area contributed by atoms with E-state index >= 15 is 0 Å². The topological polar surface area (TPSA) is 58.1 Å². The quantitative estimate of drug-likeness (QED) is 0.819. The summed E-state index contributed by atoms with van der Waals surface area (Å²) in [7, 11) is 0. The zero-order valence-corrected chi connectivity index (χ0v) is 11.2. The molecule has 1 aliphatic rings. The summed E-state index contributed by atoms with van der Waals surface area (Å²) in [5.41, 5.74) is -1.63. The predicted octanol–water partition coefficient (Wildman–Crippen LogP) is 0.378. The SMILES string of the molecule is O=c1[nH]c(Cl)c(F)c(=O)n1CCN1CCSCC1. The Morgan fingerprint density at radius 2 is 1.94 bits per heavy atom. The molecule has 0 bridgehead atoms. The Bertz CT molecular complexity index is 539. The summed E-state index contributed by atoms with van der Waals surface area (Å²) in [5.74, 6) is 0.978. The minimum atomic E-state index is -1.11. The van der Waals surface area contributed by atoms with E-state index in [1.54, 1.807) is 0 Å². The molecule has 0 amide bonds. The minimum absolute atomic E-state index is 0.174. The van der Waals surface area contributed by atoms with E-state index in [1.165, 1.54) is 0 Å². The number of hydrogen-bond acceptors (Lipinski definition) is 4. The van der Waals surface area contributed by atoms with Gasteiger partial charge in [-0.3, -0.25) is 19.2 Å². The highest BCUT2D eigenvalue weighted by atomic mass is 35.5. The Morgan fingerprint density at radius 1 is 1.28 bits per heavy atom. The van der Waals surface area contributed by atoms with Gasteiger partial charge in [-0.05, 0) is 0 Å². The first-order valence-corrected chi connectivity index (χ1v) is 7.11. The lowest BCUT2D eigenvalue weighted by atomic mass is 10.4. The number of nitrogens with zero attached hydrogens (tertiary/aromatic N) is 2. The number of rotatable bonds is 3. The van der Waals surface area contributed by atoms with Crippen molar-refractivity contribution in [2.24, 2.45) is 0 Å². The van der Waals surface area contributed by atoms with Crippen LogP contribution in [0.4, 0.5) is 4.39 Å². The lowest BCUT2D eigenvalue weighted by Gasteiger charge is -2.25. The molecule has 0 aromatic carbocycles. The molecule has 0 radical (unpaired) electrons. The van der Waals surface area contributed by atoms with Gasteiger partial charge in [0.1, 0.15) is 0 Å². The van der Waals surface area contributed by atoms with E-state index in [0.717, 1.165) is 29.2 Å². The smallest absolute Gasteiger partial charge is 0.300 e. The number of aromatic amines is 1. The van der Waals surface area contributed by atoms with Crippen LogP contribution in [0.2, 0.25) is 5.15 Å². The highest BCUT2D eigenvalue weighted by molar-refractivity contribution is 7.99. The zero-order valence-electron chi connectivity index (χ0n) is 9.62. The molecule has 1 fully saturated rings. The molecule has 1 aromatic heterocycles. The number of thioether (sulfide) groups is 1. The first-order chi connectivity index (χ1) is 8.59. The van der Waals surface area contributed by atoms with Crippen molar-refractivity contribution in [3.05, 3.63) is 31.8 Å². The summed E-state index contributed by atoms with van der Waals surface area (Å²) in [6, 6.07) is 0.